The van der Waals surface area contributed by atoms with Crippen molar-refractivity contribution >= 4 is 40.6 Å². The first-order chi connectivity index (χ1) is 18.9. The summed E-state index contributed by atoms with van der Waals surface area (Å²) in [6, 6.07) is 15.5. The van der Waals surface area contributed by atoms with Gasteiger partial charge in [-0.2, -0.15) is 9.78 Å². The molecule has 0 unspecified atom stereocenters. The van der Waals surface area contributed by atoms with Gasteiger partial charge in [0.25, 0.3) is 11.5 Å². The van der Waals surface area contributed by atoms with E-state index in [9.17, 15) is 14.4 Å². The fourth-order valence-corrected chi connectivity index (χ4v) is 5.30. The monoisotopic (exact) mass is 567 g/mol. The molecule has 1 fully saturated rings. The number of benzene rings is 1. The Morgan fingerprint density at radius 3 is 2.67 bits per heavy atom. The van der Waals surface area contributed by atoms with Crippen molar-refractivity contribution in [3.05, 3.63) is 85.9 Å². The second-order valence-corrected chi connectivity index (χ2v) is 10.5. The number of hydrogen-bond donors (Lipinski definition) is 1. The van der Waals surface area contributed by atoms with E-state index < -0.39 is 5.91 Å². The third kappa shape index (κ3) is 5.90. The first kappa shape index (κ1) is 26.7. The molecule has 10 nitrogen and oxygen atoms in total. The maximum atomic E-state index is 13.6. The highest BCUT2D eigenvalue weighted by Crippen LogP contribution is 2.26. The summed E-state index contributed by atoms with van der Waals surface area (Å²) in [5, 5.41) is 7.76. The van der Waals surface area contributed by atoms with Crippen molar-refractivity contribution in [3.8, 4) is 17.0 Å². The van der Waals surface area contributed by atoms with Crippen LogP contribution in [0.25, 0.3) is 11.3 Å². The SMILES string of the molecule is COc1ccccc1C(=O)n1nc(-c2cccn(CC(=O)N3CCOCC3)c2=O)cc1NCc1ccc(Cl)s1. The lowest BCUT2D eigenvalue weighted by Gasteiger charge is -2.27. The predicted octanol–water partition coefficient (Wildman–Crippen LogP) is 3.59. The Balaban J connectivity index is 1.49. The van der Waals surface area contributed by atoms with Crippen molar-refractivity contribution in [1.29, 1.82) is 0 Å². The van der Waals surface area contributed by atoms with E-state index in [1.807, 2.05) is 6.07 Å². The van der Waals surface area contributed by atoms with E-state index in [0.29, 0.717) is 60.0 Å². The zero-order valence-corrected chi connectivity index (χ0v) is 22.7. The van der Waals surface area contributed by atoms with Crippen LogP contribution in [0.2, 0.25) is 4.34 Å². The average Bonchev–Trinajstić information content (AvgIpc) is 3.59. The number of nitrogens with zero attached hydrogens (tertiary/aromatic N) is 4. The van der Waals surface area contributed by atoms with Gasteiger partial charge in [-0.3, -0.25) is 14.4 Å². The minimum atomic E-state index is -0.427. The number of thiophene rings is 1. The molecular formula is C27H26ClN5O5S. The molecule has 12 heteroatoms. The molecule has 4 heterocycles. The number of nitrogens with one attached hydrogen (secondary N) is 1. The quantitative estimate of drug-likeness (QED) is 0.347. The van der Waals surface area contributed by atoms with Gasteiger partial charge in [0.05, 0.1) is 42.3 Å². The number of carbonyl (C=O) groups is 2. The molecule has 4 aromatic rings. The molecule has 0 saturated carbocycles. The molecule has 202 valence electrons. The first-order valence-corrected chi connectivity index (χ1v) is 13.5. The smallest absolute Gasteiger partial charge is 0.283 e. The van der Waals surface area contributed by atoms with E-state index in [-0.39, 0.29) is 23.6 Å². The third-order valence-electron chi connectivity index (χ3n) is 6.28. The number of halogens is 1. The lowest BCUT2D eigenvalue weighted by molar-refractivity contribution is -0.135. The summed E-state index contributed by atoms with van der Waals surface area (Å²) in [5.41, 5.74) is 0.493. The second-order valence-electron chi connectivity index (χ2n) is 8.74. The number of anilines is 1. The molecule has 0 radical (unpaired) electrons. The number of amides is 1. The van der Waals surface area contributed by atoms with Crippen molar-refractivity contribution in [2.75, 3.05) is 38.7 Å². The number of para-hydroxylation sites is 1. The maximum absolute atomic E-state index is 13.6. The van der Waals surface area contributed by atoms with Crippen LogP contribution in [0.3, 0.4) is 0 Å². The Hall–Kier alpha value is -3.93. The lowest BCUT2D eigenvalue weighted by atomic mass is 10.2. The van der Waals surface area contributed by atoms with Gasteiger partial charge < -0.3 is 24.3 Å². The van der Waals surface area contributed by atoms with Crippen LogP contribution in [-0.2, 0) is 22.6 Å². The summed E-state index contributed by atoms with van der Waals surface area (Å²) in [4.78, 5) is 42.4. The third-order valence-corrected chi connectivity index (χ3v) is 7.51. The summed E-state index contributed by atoms with van der Waals surface area (Å²) in [5.74, 6) is 0.208. The minimum absolute atomic E-state index is 0.0994. The molecule has 39 heavy (non-hydrogen) atoms. The van der Waals surface area contributed by atoms with Gasteiger partial charge in [-0.05, 0) is 36.4 Å². The van der Waals surface area contributed by atoms with Crippen LogP contribution < -0.4 is 15.6 Å². The van der Waals surface area contributed by atoms with Gasteiger partial charge in [0.2, 0.25) is 5.91 Å². The zero-order chi connectivity index (χ0) is 27.4. The number of hydrogen-bond acceptors (Lipinski definition) is 8. The van der Waals surface area contributed by atoms with Gasteiger partial charge >= 0.3 is 0 Å². The normalized spacial score (nSPS) is 13.3. The largest absolute Gasteiger partial charge is 0.496 e. The van der Waals surface area contributed by atoms with Gasteiger partial charge in [0, 0.05) is 30.2 Å². The Kier molecular flexibility index (Phi) is 8.10. The average molecular weight is 568 g/mol. The van der Waals surface area contributed by atoms with Crippen molar-refractivity contribution in [2.24, 2.45) is 0 Å². The van der Waals surface area contributed by atoms with E-state index in [0.717, 1.165) is 4.88 Å². The zero-order valence-electron chi connectivity index (χ0n) is 21.1. The summed E-state index contributed by atoms with van der Waals surface area (Å²) < 4.78 is 13.9. The van der Waals surface area contributed by atoms with Gasteiger partial charge in [-0.15, -0.1) is 11.3 Å². The van der Waals surface area contributed by atoms with Crippen LogP contribution in [0.5, 0.6) is 5.75 Å². The molecule has 1 aliphatic rings. The van der Waals surface area contributed by atoms with Crippen molar-refractivity contribution in [2.45, 2.75) is 13.1 Å². The number of morpholine rings is 1. The molecule has 1 N–H and O–H groups in total. The van der Waals surface area contributed by atoms with E-state index in [2.05, 4.69) is 10.4 Å². The Bertz CT molecular complexity index is 1560. The summed E-state index contributed by atoms with van der Waals surface area (Å²) in [7, 11) is 1.49. The summed E-state index contributed by atoms with van der Waals surface area (Å²) in [6.07, 6.45) is 1.57. The predicted molar refractivity (Wildman–Crippen MR) is 149 cm³/mol. The summed E-state index contributed by atoms with van der Waals surface area (Å²) in [6.45, 7) is 2.24. The topological polar surface area (TPSA) is 108 Å². The van der Waals surface area contributed by atoms with E-state index in [4.69, 9.17) is 21.1 Å². The van der Waals surface area contributed by atoms with Gasteiger partial charge in [0.1, 0.15) is 23.8 Å². The van der Waals surface area contributed by atoms with Crippen LogP contribution in [0, 0.1) is 0 Å². The number of carbonyl (C=O) groups excluding carboxylic acids is 2. The molecule has 1 amide bonds. The van der Waals surface area contributed by atoms with Crippen LogP contribution in [0.1, 0.15) is 15.2 Å². The fourth-order valence-electron chi connectivity index (χ4n) is 4.27. The molecule has 5 rings (SSSR count). The van der Waals surface area contributed by atoms with Crippen LogP contribution in [0.15, 0.2) is 65.6 Å². The molecule has 0 bridgehead atoms. The summed E-state index contributed by atoms with van der Waals surface area (Å²) >= 11 is 7.49. The Morgan fingerprint density at radius 1 is 1.13 bits per heavy atom. The number of methoxy groups -OCH3 is 1. The number of aromatic nitrogens is 3. The Labute approximate surface area is 233 Å². The molecule has 1 aliphatic heterocycles. The van der Waals surface area contributed by atoms with Crippen LogP contribution in [0.4, 0.5) is 5.82 Å². The lowest BCUT2D eigenvalue weighted by Crippen LogP contribution is -2.43. The molecule has 1 aromatic carbocycles. The highest BCUT2D eigenvalue weighted by atomic mass is 35.5. The van der Waals surface area contributed by atoms with E-state index >= 15 is 0 Å². The van der Waals surface area contributed by atoms with Crippen molar-refractivity contribution in [3.63, 3.8) is 0 Å². The van der Waals surface area contributed by atoms with E-state index in [1.54, 1.807) is 59.6 Å². The van der Waals surface area contributed by atoms with Crippen LogP contribution in [-0.4, -0.2) is 64.5 Å². The molecule has 0 aliphatic carbocycles. The fraction of sp³-hybridized carbons (Fsp3) is 0.259. The molecule has 0 atom stereocenters. The first-order valence-electron chi connectivity index (χ1n) is 12.3. The van der Waals surface area contributed by atoms with Gasteiger partial charge in [-0.1, -0.05) is 23.7 Å². The van der Waals surface area contributed by atoms with Crippen LogP contribution >= 0.6 is 22.9 Å². The Morgan fingerprint density at radius 2 is 1.92 bits per heavy atom. The van der Waals surface area contributed by atoms with Crippen molar-refractivity contribution < 1.29 is 19.1 Å². The molecular weight excluding hydrogens is 542 g/mol. The number of ether oxygens (including phenoxy) is 2. The highest BCUT2D eigenvalue weighted by molar-refractivity contribution is 7.16. The standard InChI is InChI=1S/C27H26ClN5O5S/c1-37-22-7-3-2-5-20(22)27(36)33-24(29-16-18-8-9-23(28)39-18)15-21(30-33)19-6-4-10-32(26(19)35)17-25(34)31-11-13-38-14-12-31/h2-10,15,29H,11-14,16-17H2,1H3. The molecule has 1 saturated heterocycles. The number of pyridine rings is 1. The number of rotatable bonds is 8. The second kappa shape index (κ2) is 11.9. The molecule has 3 aromatic heterocycles. The maximum Gasteiger partial charge on any atom is 0.283 e. The van der Waals surface area contributed by atoms with Gasteiger partial charge in [-0.25, -0.2) is 0 Å². The van der Waals surface area contributed by atoms with Crippen molar-refractivity contribution in [1.82, 2.24) is 19.2 Å². The molecule has 0 spiro atoms. The van der Waals surface area contributed by atoms with E-state index in [1.165, 1.54) is 27.7 Å². The minimum Gasteiger partial charge on any atom is -0.496 e. The van der Waals surface area contributed by atoms with Gasteiger partial charge in [0.15, 0.2) is 0 Å². The highest BCUT2D eigenvalue weighted by Gasteiger charge is 2.23.